The average molecular weight is 512 g/mol. The van der Waals surface area contributed by atoms with Gasteiger partial charge in [0.25, 0.3) is 0 Å². The second kappa shape index (κ2) is 21.1. The SMILES string of the molecule is C=C(CC1CC2CC=C1C2)NC(=C/C)/C(/C=C\C)=C(\CC)C(C)=O.CC.CC.CCCC1CCCCC1. The van der Waals surface area contributed by atoms with Gasteiger partial charge >= 0.3 is 0 Å². The molecule has 37 heavy (non-hydrogen) atoms. The molecular formula is C35H61NO. The van der Waals surface area contributed by atoms with Gasteiger partial charge in [-0.05, 0) is 70.6 Å². The predicted molar refractivity (Wildman–Crippen MR) is 167 cm³/mol. The molecule has 2 nitrogen and oxygen atoms in total. The Hall–Kier alpha value is -1.83. The molecule has 2 bridgehead atoms. The fourth-order valence-corrected chi connectivity index (χ4v) is 5.97. The van der Waals surface area contributed by atoms with E-state index < -0.39 is 0 Å². The number of hydrogen-bond donors (Lipinski definition) is 1. The summed E-state index contributed by atoms with van der Waals surface area (Å²) in [6.45, 7) is 22.2. The van der Waals surface area contributed by atoms with Crippen LogP contribution in [0.5, 0.6) is 0 Å². The highest BCUT2D eigenvalue weighted by Gasteiger charge is 2.33. The molecule has 2 atom stereocenters. The van der Waals surface area contributed by atoms with E-state index in [9.17, 15) is 4.79 Å². The Balaban J connectivity index is 0.000000829. The minimum atomic E-state index is 0.135. The summed E-state index contributed by atoms with van der Waals surface area (Å²) in [5.74, 6) is 2.77. The minimum absolute atomic E-state index is 0.135. The van der Waals surface area contributed by atoms with Crippen molar-refractivity contribution in [3.8, 4) is 0 Å². The van der Waals surface area contributed by atoms with Crippen LogP contribution in [0, 0.1) is 17.8 Å². The van der Waals surface area contributed by atoms with Gasteiger partial charge in [0.05, 0.1) is 0 Å². The zero-order valence-electron chi connectivity index (χ0n) is 26.1. The van der Waals surface area contributed by atoms with Crippen LogP contribution >= 0.6 is 0 Å². The van der Waals surface area contributed by atoms with Crippen molar-refractivity contribution in [3.05, 3.63) is 59.0 Å². The lowest BCUT2D eigenvalue weighted by Gasteiger charge is -2.21. The van der Waals surface area contributed by atoms with Crippen molar-refractivity contribution in [2.75, 3.05) is 0 Å². The van der Waals surface area contributed by atoms with Gasteiger partial charge < -0.3 is 5.32 Å². The molecule has 2 heteroatoms. The molecule has 3 rings (SSSR count). The Labute approximate surface area is 231 Å². The molecule has 0 aliphatic heterocycles. The van der Waals surface area contributed by atoms with Gasteiger partial charge in [-0.25, -0.2) is 0 Å². The van der Waals surface area contributed by atoms with Crippen molar-refractivity contribution in [2.45, 2.75) is 139 Å². The van der Waals surface area contributed by atoms with Crippen molar-refractivity contribution >= 4 is 5.78 Å². The van der Waals surface area contributed by atoms with E-state index >= 15 is 0 Å². The van der Waals surface area contributed by atoms with E-state index in [2.05, 4.69) is 24.9 Å². The summed E-state index contributed by atoms with van der Waals surface area (Å²) >= 11 is 0. The first-order valence-electron chi connectivity index (χ1n) is 15.6. The third-order valence-electron chi connectivity index (χ3n) is 7.62. The highest BCUT2D eigenvalue weighted by molar-refractivity contribution is 5.95. The van der Waals surface area contributed by atoms with Crippen molar-refractivity contribution in [3.63, 3.8) is 0 Å². The zero-order valence-corrected chi connectivity index (χ0v) is 26.1. The standard InChI is InChI=1S/C22H31NO.C9H18.2C2H6/c1-6-9-21(20(7-2)16(5)24)22(8-3)23-15(4)12-19-14-17-10-11-18(19)13-17;1-2-6-9-7-4-3-5-8-9;2*1-2/h6,8-9,11,17,19,23H,4,7,10,12-14H2,1-3,5H3;9H,2-8H2,1H3;2*1-2H3/b9-6-,21-20+,22-8+;;;. The average Bonchev–Trinajstić information content (AvgIpc) is 3.54. The summed E-state index contributed by atoms with van der Waals surface area (Å²) in [6.07, 6.45) is 24.5. The molecule has 2 unspecified atom stereocenters. The molecular weight excluding hydrogens is 450 g/mol. The summed E-state index contributed by atoms with van der Waals surface area (Å²) in [7, 11) is 0. The first kappa shape index (κ1) is 35.2. The van der Waals surface area contributed by atoms with Gasteiger partial charge in [0.15, 0.2) is 5.78 Å². The number of carbonyl (C=O) groups is 1. The van der Waals surface area contributed by atoms with Crippen LogP contribution in [0.3, 0.4) is 0 Å². The van der Waals surface area contributed by atoms with E-state index in [-0.39, 0.29) is 5.78 Å². The Morgan fingerprint density at radius 3 is 2.16 bits per heavy atom. The van der Waals surface area contributed by atoms with E-state index in [1.807, 2.05) is 66.7 Å². The van der Waals surface area contributed by atoms with Crippen LogP contribution in [0.15, 0.2) is 59.0 Å². The Kier molecular flexibility index (Phi) is 20.1. The van der Waals surface area contributed by atoms with E-state index in [4.69, 9.17) is 0 Å². The van der Waals surface area contributed by atoms with Crippen molar-refractivity contribution in [2.24, 2.45) is 17.8 Å². The minimum Gasteiger partial charge on any atom is -0.359 e. The van der Waals surface area contributed by atoms with Crippen molar-refractivity contribution < 1.29 is 4.79 Å². The molecule has 3 aliphatic carbocycles. The number of carbonyl (C=O) groups excluding carboxylic acids is 1. The Morgan fingerprint density at radius 2 is 1.73 bits per heavy atom. The number of Topliss-reactive ketones (excluding diaryl/α,β-unsaturated/α-hetero) is 1. The third kappa shape index (κ3) is 12.5. The highest BCUT2D eigenvalue weighted by Crippen LogP contribution is 2.46. The van der Waals surface area contributed by atoms with Crippen LogP contribution in [0.2, 0.25) is 0 Å². The van der Waals surface area contributed by atoms with E-state index in [1.165, 1.54) is 64.2 Å². The molecule has 3 aliphatic rings. The maximum Gasteiger partial charge on any atom is 0.156 e. The van der Waals surface area contributed by atoms with Crippen LogP contribution in [-0.2, 0) is 4.79 Å². The van der Waals surface area contributed by atoms with Gasteiger partial charge in [0, 0.05) is 22.5 Å². The van der Waals surface area contributed by atoms with Crippen LogP contribution in [0.1, 0.15) is 139 Å². The maximum absolute atomic E-state index is 12.0. The number of nitrogens with one attached hydrogen (secondary N) is 1. The summed E-state index contributed by atoms with van der Waals surface area (Å²) in [5.41, 5.74) is 5.52. The lowest BCUT2D eigenvalue weighted by atomic mass is 9.86. The van der Waals surface area contributed by atoms with Gasteiger partial charge in [-0.1, -0.05) is 123 Å². The topological polar surface area (TPSA) is 29.1 Å². The molecule has 212 valence electrons. The number of hydrogen-bond acceptors (Lipinski definition) is 2. The van der Waals surface area contributed by atoms with E-state index in [0.717, 1.165) is 47.2 Å². The van der Waals surface area contributed by atoms with Crippen LogP contribution < -0.4 is 5.32 Å². The van der Waals surface area contributed by atoms with Crippen LogP contribution in [-0.4, -0.2) is 5.78 Å². The first-order valence-corrected chi connectivity index (χ1v) is 15.6. The summed E-state index contributed by atoms with van der Waals surface area (Å²) < 4.78 is 0. The second-order valence-corrected chi connectivity index (χ2v) is 10.2. The molecule has 0 heterocycles. The molecule has 2 fully saturated rings. The van der Waals surface area contributed by atoms with Crippen molar-refractivity contribution in [1.82, 2.24) is 5.32 Å². The normalized spacial score (nSPS) is 21.4. The van der Waals surface area contributed by atoms with Crippen LogP contribution in [0.4, 0.5) is 0 Å². The van der Waals surface area contributed by atoms with Gasteiger partial charge in [-0.15, -0.1) is 0 Å². The fraction of sp³-hybridized carbons (Fsp3) is 0.686. The quantitative estimate of drug-likeness (QED) is 0.179. The van der Waals surface area contributed by atoms with Gasteiger partial charge in [0.2, 0.25) is 0 Å². The number of allylic oxidation sites excluding steroid dienone is 7. The molecule has 0 radical (unpaired) electrons. The molecule has 2 saturated carbocycles. The van der Waals surface area contributed by atoms with E-state index in [1.54, 1.807) is 12.5 Å². The molecule has 0 aromatic heterocycles. The molecule has 0 amide bonds. The molecule has 1 N–H and O–H groups in total. The predicted octanol–water partition coefficient (Wildman–Crippen LogP) is 11.0. The largest absolute Gasteiger partial charge is 0.359 e. The van der Waals surface area contributed by atoms with Gasteiger partial charge in [0.1, 0.15) is 0 Å². The molecule has 0 aromatic carbocycles. The van der Waals surface area contributed by atoms with Crippen LogP contribution in [0.25, 0.3) is 0 Å². The molecule has 0 aromatic rings. The zero-order chi connectivity index (χ0) is 28.2. The Bertz CT molecular complexity index is 770. The monoisotopic (exact) mass is 511 g/mol. The third-order valence-corrected chi connectivity index (χ3v) is 7.62. The lowest BCUT2D eigenvalue weighted by Crippen LogP contribution is -2.18. The summed E-state index contributed by atoms with van der Waals surface area (Å²) in [6, 6.07) is 0. The Morgan fingerprint density at radius 1 is 1.08 bits per heavy atom. The maximum atomic E-state index is 12.0. The number of fused-ring (bicyclic) bond motifs is 2. The highest BCUT2D eigenvalue weighted by atomic mass is 16.1. The fourth-order valence-electron chi connectivity index (χ4n) is 5.97. The molecule has 0 spiro atoms. The van der Waals surface area contributed by atoms with E-state index in [0.29, 0.717) is 5.92 Å². The van der Waals surface area contributed by atoms with Gasteiger partial charge in [-0.3, -0.25) is 4.79 Å². The van der Waals surface area contributed by atoms with Gasteiger partial charge in [-0.2, -0.15) is 0 Å². The first-order chi connectivity index (χ1) is 17.9. The molecule has 0 saturated heterocycles. The smallest absolute Gasteiger partial charge is 0.156 e. The van der Waals surface area contributed by atoms with Crippen molar-refractivity contribution in [1.29, 1.82) is 0 Å². The number of ketones is 1. The number of rotatable bonds is 10. The second-order valence-electron chi connectivity index (χ2n) is 10.2. The summed E-state index contributed by atoms with van der Waals surface area (Å²) in [4.78, 5) is 12.0. The summed E-state index contributed by atoms with van der Waals surface area (Å²) in [5, 5.41) is 3.49. The lowest BCUT2D eigenvalue weighted by molar-refractivity contribution is -0.113.